The van der Waals surface area contributed by atoms with Gasteiger partial charge in [-0.3, -0.25) is 14.3 Å². The van der Waals surface area contributed by atoms with Crippen LogP contribution in [0.5, 0.6) is 0 Å². The molecule has 0 radical (unpaired) electrons. The molecule has 2 aromatic heterocycles. The van der Waals surface area contributed by atoms with Crippen molar-refractivity contribution in [2.45, 2.75) is 56.0 Å². The maximum absolute atomic E-state index is 13.3. The van der Waals surface area contributed by atoms with Gasteiger partial charge in [0.25, 0.3) is 0 Å². The average molecular weight is 490 g/mol. The van der Waals surface area contributed by atoms with Crippen molar-refractivity contribution in [3.05, 3.63) is 52.8 Å². The fraction of sp³-hybridized carbons (Fsp3) is 0.391. The van der Waals surface area contributed by atoms with Crippen LogP contribution < -0.4 is 0 Å². The summed E-state index contributed by atoms with van der Waals surface area (Å²) in [7, 11) is 0. The largest absolute Gasteiger partial charge is 0.339 e. The van der Waals surface area contributed by atoms with Crippen molar-refractivity contribution >= 4 is 40.9 Å². The van der Waals surface area contributed by atoms with E-state index in [9.17, 15) is 4.79 Å². The van der Waals surface area contributed by atoms with E-state index in [1.807, 2.05) is 34.6 Å². The summed E-state index contributed by atoms with van der Waals surface area (Å²) in [4.78, 5) is 19.5. The molecule has 3 heterocycles. The van der Waals surface area contributed by atoms with Gasteiger partial charge in [0, 0.05) is 30.5 Å². The minimum absolute atomic E-state index is 0.146. The molecule has 0 saturated carbocycles. The maximum atomic E-state index is 13.3. The monoisotopic (exact) mass is 489 g/mol. The Morgan fingerprint density at radius 3 is 2.78 bits per heavy atom. The third-order valence-corrected chi connectivity index (χ3v) is 7.50. The van der Waals surface area contributed by atoms with Gasteiger partial charge < -0.3 is 4.90 Å². The molecule has 32 heavy (non-hydrogen) atoms. The topological polar surface area (TPSA) is 63.9 Å². The van der Waals surface area contributed by atoms with Gasteiger partial charge in [-0.2, -0.15) is 0 Å². The number of rotatable bonds is 6. The number of carbonyl (C=O) groups excluding carboxylic acids is 1. The van der Waals surface area contributed by atoms with Gasteiger partial charge in [-0.05, 0) is 62.9 Å². The predicted molar refractivity (Wildman–Crippen MR) is 130 cm³/mol. The van der Waals surface area contributed by atoms with E-state index in [2.05, 4.69) is 22.1 Å². The molecule has 1 amide bonds. The van der Waals surface area contributed by atoms with E-state index in [0.29, 0.717) is 27.1 Å². The number of thioether (sulfide) groups is 1. The van der Waals surface area contributed by atoms with Crippen LogP contribution in [0.4, 0.5) is 0 Å². The number of nitrogens with zero attached hydrogens (tertiary/aromatic N) is 5. The molecule has 1 saturated heterocycles. The molecular weight excluding hydrogens is 465 g/mol. The molecule has 168 valence electrons. The van der Waals surface area contributed by atoms with Crippen molar-refractivity contribution in [1.82, 2.24) is 24.6 Å². The Balaban J connectivity index is 1.68. The van der Waals surface area contributed by atoms with E-state index in [4.69, 9.17) is 23.2 Å². The van der Waals surface area contributed by atoms with Crippen LogP contribution in [0.1, 0.15) is 39.5 Å². The average Bonchev–Trinajstić information content (AvgIpc) is 3.24. The molecule has 3 aromatic rings. The third kappa shape index (κ3) is 4.80. The lowest BCUT2D eigenvalue weighted by atomic mass is 10.00. The van der Waals surface area contributed by atoms with Crippen LogP contribution in [-0.2, 0) is 4.79 Å². The Labute approximate surface area is 202 Å². The smallest absolute Gasteiger partial charge is 0.236 e. The van der Waals surface area contributed by atoms with E-state index in [1.54, 1.807) is 24.5 Å². The van der Waals surface area contributed by atoms with Crippen molar-refractivity contribution in [3.8, 4) is 17.1 Å². The summed E-state index contributed by atoms with van der Waals surface area (Å²) in [6.45, 7) is 4.91. The van der Waals surface area contributed by atoms with Gasteiger partial charge in [0.05, 0.1) is 21.0 Å². The van der Waals surface area contributed by atoms with E-state index < -0.39 is 0 Å². The van der Waals surface area contributed by atoms with Crippen molar-refractivity contribution < 1.29 is 4.79 Å². The Bertz CT molecular complexity index is 1090. The number of halogens is 2. The summed E-state index contributed by atoms with van der Waals surface area (Å²) in [6, 6.07) is 9.48. The second kappa shape index (κ2) is 10.2. The standard InChI is InChI=1S/C23H25Cl2N5OS/c1-3-17-8-4-5-12-29(17)22(31)15(2)32-23-28-27-21(16-7-6-11-26-14-16)30(23)18-9-10-19(24)20(25)13-18/h6-7,9-11,13-15,17H,3-5,8,12H2,1-2H3. The second-order valence-electron chi connectivity index (χ2n) is 7.83. The number of hydrogen-bond acceptors (Lipinski definition) is 5. The first-order valence-electron chi connectivity index (χ1n) is 10.8. The highest BCUT2D eigenvalue weighted by Crippen LogP contribution is 2.33. The zero-order valence-corrected chi connectivity index (χ0v) is 20.4. The van der Waals surface area contributed by atoms with Gasteiger partial charge in [-0.1, -0.05) is 41.9 Å². The second-order valence-corrected chi connectivity index (χ2v) is 9.95. The number of likely N-dealkylation sites (tertiary alicyclic amines) is 1. The first-order chi connectivity index (χ1) is 15.5. The lowest BCUT2D eigenvalue weighted by molar-refractivity contribution is -0.134. The molecule has 4 rings (SSSR count). The molecule has 0 N–H and O–H groups in total. The first-order valence-corrected chi connectivity index (χ1v) is 12.4. The van der Waals surface area contributed by atoms with Crippen LogP contribution in [-0.4, -0.2) is 48.4 Å². The molecule has 9 heteroatoms. The Hall–Kier alpha value is -2.09. The lowest BCUT2D eigenvalue weighted by Crippen LogP contribution is -2.46. The quantitative estimate of drug-likeness (QED) is 0.402. The molecule has 1 aliphatic heterocycles. The number of carbonyl (C=O) groups is 1. The molecule has 2 unspecified atom stereocenters. The zero-order valence-electron chi connectivity index (χ0n) is 18.0. The van der Waals surface area contributed by atoms with Crippen LogP contribution in [0, 0.1) is 0 Å². The summed E-state index contributed by atoms with van der Waals surface area (Å²) < 4.78 is 1.90. The molecule has 1 aliphatic rings. The molecule has 0 aliphatic carbocycles. The number of piperidine rings is 1. The van der Waals surface area contributed by atoms with Gasteiger partial charge in [0.1, 0.15) is 0 Å². The van der Waals surface area contributed by atoms with E-state index in [1.165, 1.54) is 18.2 Å². The number of pyridine rings is 1. The van der Waals surface area contributed by atoms with Crippen LogP contribution >= 0.6 is 35.0 Å². The SMILES string of the molecule is CCC1CCCCN1C(=O)C(C)Sc1nnc(-c2cccnc2)n1-c1ccc(Cl)c(Cl)c1. The van der Waals surface area contributed by atoms with E-state index in [-0.39, 0.29) is 11.2 Å². The van der Waals surface area contributed by atoms with Crippen LogP contribution in [0.3, 0.4) is 0 Å². The first kappa shape index (κ1) is 23.1. The highest BCUT2D eigenvalue weighted by Gasteiger charge is 2.30. The van der Waals surface area contributed by atoms with Crippen molar-refractivity contribution in [2.75, 3.05) is 6.54 Å². The van der Waals surface area contributed by atoms with Crippen LogP contribution in [0.15, 0.2) is 47.9 Å². The minimum Gasteiger partial charge on any atom is -0.339 e. The molecule has 1 aromatic carbocycles. The third-order valence-electron chi connectivity index (χ3n) is 5.73. The van der Waals surface area contributed by atoms with Crippen molar-refractivity contribution in [3.63, 3.8) is 0 Å². The van der Waals surface area contributed by atoms with E-state index in [0.717, 1.165) is 37.1 Å². The number of hydrogen-bond donors (Lipinski definition) is 0. The lowest BCUT2D eigenvalue weighted by Gasteiger charge is -2.36. The normalized spacial score (nSPS) is 17.4. The maximum Gasteiger partial charge on any atom is 0.236 e. The highest BCUT2D eigenvalue weighted by molar-refractivity contribution is 8.00. The highest BCUT2D eigenvalue weighted by atomic mass is 35.5. The molecule has 1 fully saturated rings. The molecule has 6 nitrogen and oxygen atoms in total. The number of aromatic nitrogens is 4. The summed E-state index contributed by atoms with van der Waals surface area (Å²) in [5.41, 5.74) is 1.59. The molecule has 2 atom stereocenters. The number of benzene rings is 1. The summed E-state index contributed by atoms with van der Waals surface area (Å²) in [5, 5.41) is 10.1. The van der Waals surface area contributed by atoms with Gasteiger partial charge in [0.15, 0.2) is 11.0 Å². The fourth-order valence-corrected chi connectivity index (χ4v) is 5.27. The van der Waals surface area contributed by atoms with Crippen molar-refractivity contribution in [2.24, 2.45) is 0 Å². The minimum atomic E-state index is -0.297. The molecular formula is C23H25Cl2N5OS. The van der Waals surface area contributed by atoms with Gasteiger partial charge >= 0.3 is 0 Å². The summed E-state index contributed by atoms with van der Waals surface area (Å²) >= 11 is 13.9. The molecule has 0 bridgehead atoms. The Morgan fingerprint density at radius 2 is 2.06 bits per heavy atom. The number of amides is 1. The van der Waals surface area contributed by atoms with Gasteiger partial charge in [-0.25, -0.2) is 0 Å². The fourth-order valence-electron chi connectivity index (χ4n) is 4.04. The summed E-state index contributed by atoms with van der Waals surface area (Å²) in [5.74, 6) is 0.774. The summed E-state index contributed by atoms with van der Waals surface area (Å²) in [6.07, 6.45) is 7.75. The Kier molecular flexibility index (Phi) is 7.38. The van der Waals surface area contributed by atoms with E-state index >= 15 is 0 Å². The van der Waals surface area contributed by atoms with Crippen LogP contribution in [0.25, 0.3) is 17.1 Å². The van der Waals surface area contributed by atoms with Crippen molar-refractivity contribution in [1.29, 1.82) is 0 Å². The van der Waals surface area contributed by atoms with Gasteiger partial charge in [-0.15, -0.1) is 10.2 Å². The zero-order chi connectivity index (χ0) is 22.7. The van der Waals surface area contributed by atoms with Crippen LogP contribution in [0.2, 0.25) is 10.0 Å². The molecule has 0 spiro atoms. The van der Waals surface area contributed by atoms with Gasteiger partial charge in [0.2, 0.25) is 5.91 Å². The predicted octanol–water partition coefficient (Wildman–Crippen LogP) is 5.91. The Morgan fingerprint density at radius 1 is 1.22 bits per heavy atom.